The molecule has 0 aliphatic heterocycles. The summed E-state index contributed by atoms with van der Waals surface area (Å²) in [4.78, 5) is 14.6. The first-order valence-electron chi connectivity index (χ1n) is 18.7. The van der Waals surface area contributed by atoms with Gasteiger partial charge in [-0.1, -0.05) is 133 Å². The van der Waals surface area contributed by atoms with Crippen LogP contribution >= 0.6 is 0 Å². The number of nitrogens with zero attached hydrogens (tertiary/aromatic N) is 3. The maximum atomic E-state index is 6.72. The molecule has 0 bridgehead atoms. The zero-order valence-electron chi connectivity index (χ0n) is 30.1. The lowest BCUT2D eigenvalue weighted by atomic mass is 9.92. The van der Waals surface area contributed by atoms with Crippen molar-refractivity contribution in [2.24, 2.45) is 0 Å². The molecule has 0 unspecified atom stereocenters. The summed E-state index contributed by atoms with van der Waals surface area (Å²) >= 11 is 0. The van der Waals surface area contributed by atoms with Gasteiger partial charge < -0.3 is 8.83 Å². The highest BCUT2D eigenvalue weighted by Gasteiger charge is 2.21. The van der Waals surface area contributed by atoms with E-state index in [9.17, 15) is 0 Å². The molecule has 4 heterocycles. The molecule has 7 aromatic carbocycles. The van der Waals surface area contributed by atoms with E-state index in [4.69, 9.17) is 18.8 Å². The Balaban J connectivity index is 1.05. The fraction of sp³-hybridized carbons (Fsp3) is 0. The summed E-state index contributed by atoms with van der Waals surface area (Å²) in [5, 5.41) is 4.36. The van der Waals surface area contributed by atoms with Gasteiger partial charge in [-0.3, -0.25) is 4.98 Å². The molecule has 11 rings (SSSR count). The molecule has 0 saturated carbocycles. The van der Waals surface area contributed by atoms with Crippen LogP contribution in [0.4, 0.5) is 0 Å². The zero-order valence-corrected chi connectivity index (χ0v) is 30.1. The molecular formula is C51H31N3O2. The quantitative estimate of drug-likeness (QED) is 0.171. The summed E-state index contributed by atoms with van der Waals surface area (Å²) in [5.74, 6) is 0.655. The Kier molecular flexibility index (Phi) is 7.42. The minimum Gasteiger partial charge on any atom is -0.456 e. The molecule has 262 valence electrons. The van der Waals surface area contributed by atoms with E-state index in [0.29, 0.717) is 5.82 Å². The first kappa shape index (κ1) is 31.9. The first-order chi connectivity index (χ1) is 27.8. The molecule has 0 saturated heterocycles. The lowest BCUT2D eigenvalue weighted by Crippen LogP contribution is -1.97. The number of para-hydroxylation sites is 2. The third-order valence-electron chi connectivity index (χ3n) is 10.7. The second kappa shape index (κ2) is 13.0. The highest BCUT2D eigenvalue weighted by atomic mass is 16.3. The van der Waals surface area contributed by atoms with Crippen LogP contribution in [0, 0.1) is 0 Å². The predicted octanol–water partition coefficient (Wildman–Crippen LogP) is 13.7. The van der Waals surface area contributed by atoms with Gasteiger partial charge in [-0.05, 0) is 70.3 Å². The van der Waals surface area contributed by atoms with Gasteiger partial charge >= 0.3 is 0 Å². The van der Waals surface area contributed by atoms with Gasteiger partial charge in [0.2, 0.25) is 0 Å². The first-order valence-corrected chi connectivity index (χ1v) is 18.7. The second-order valence-electron chi connectivity index (χ2n) is 13.9. The van der Waals surface area contributed by atoms with E-state index in [1.807, 2.05) is 73.1 Å². The molecule has 56 heavy (non-hydrogen) atoms. The Morgan fingerprint density at radius 2 is 0.911 bits per heavy atom. The van der Waals surface area contributed by atoms with Crippen LogP contribution in [0.25, 0.3) is 111 Å². The fourth-order valence-electron chi connectivity index (χ4n) is 8.04. The fourth-order valence-corrected chi connectivity index (χ4v) is 8.04. The Morgan fingerprint density at radius 1 is 0.339 bits per heavy atom. The molecule has 0 fully saturated rings. The summed E-state index contributed by atoms with van der Waals surface area (Å²) in [6, 6.07) is 60.5. The average Bonchev–Trinajstić information content (AvgIpc) is 3.86. The van der Waals surface area contributed by atoms with Crippen molar-refractivity contribution >= 4 is 43.9 Å². The van der Waals surface area contributed by atoms with Gasteiger partial charge in [0.05, 0.1) is 11.4 Å². The number of hydrogen-bond acceptors (Lipinski definition) is 5. The predicted molar refractivity (Wildman–Crippen MR) is 227 cm³/mol. The van der Waals surface area contributed by atoms with Gasteiger partial charge in [0.25, 0.3) is 0 Å². The Bertz CT molecular complexity index is 3240. The number of rotatable bonds is 6. The third kappa shape index (κ3) is 5.29. The van der Waals surface area contributed by atoms with Crippen molar-refractivity contribution in [3.8, 4) is 67.3 Å². The maximum absolute atomic E-state index is 6.72. The van der Waals surface area contributed by atoms with E-state index in [1.54, 1.807) is 0 Å². The summed E-state index contributed by atoms with van der Waals surface area (Å²) in [6.07, 6.45) is 3.64. The van der Waals surface area contributed by atoms with Crippen LogP contribution in [-0.2, 0) is 0 Å². The Hall–Kier alpha value is -7.63. The second-order valence-corrected chi connectivity index (χ2v) is 13.9. The van der Waals surface area contributed by atoms with Gasteiger partial charge in [-0.25, -0.2) is 9.97 Å². The van der Waals surface area contributed by atoms with Crippen LogP contribution < -0.4 is 0 Å². The molecule has 5 heteroatoms. The minimum atomic E-state index is 0.655. The van der Waals surface area contributed by atoms with Gasteiger partial charge in [0, 0.05) is 56.2 Å². The molecule has 0 radical (unpaired) electrons. The lowest BCUT2D eigenvalue weighted by molar-refractivity contribution is 0.668. The van der Waals surface area contributed by atoms with Crippen LogP contribution in [0.3, 0.4) is 0 Å². The van der Waals surface area contributed by atoms with Crippen molar-refractivity contribution in [3.05, 3.63) is 188 Å². The molecule has 0 spiro atoms. The minimum absolute atomic E-state index is 0.655. The molecule has 4 aromatic heterocycles. The molecule has 0 amide bonds. The molecule has 0 atom stereocenters. The van der Waals surface area contributed by atoms with Crippen molar-refractivity contribution in [1.29, 1.82) is 0 Å². The third-order valence-corrected chi connectivity index (χ3v) is 10.7. The van der Waals surface area contributed by atoms with Crippen LogP contribution in [0.1, 0.15) is 0 Å². The van der Waals surface area contributed by atoms with Crippen LogP contribution in [0.15, 0.2) is 197 Å². The largest absolute Gasteiger partial charge is 0.456 e. The number of benzene rings is 7. The van der Waals surface area contributed by atoms with E-state index in [1.165, 1.54) is 0 Å². The average molecular weight is 718 g/mol. The molecule has 11 aromatic rings. The molecule has 0 N–H and O–H groups in total. The molecular weight excluding hydrogens is 687 g/mol. The summed E-state index contributed by atoms with van der Waals surface area (Å²) in [6.45, 7) is 0. The highest BCUT2D eigenvalue weighted by molar-refractivity contribution is 6.21. The molecule has 0 aliphatic rings. The standard InChI is InChI=1S/C51H31N3O2/c1-2-11-34(12-3-1)43-31-44(38-14-5-4-13-36(38)33-27-29-52-30-28-33)54-51(53-43)35-23-21-32(22-24-35)37-25-26-40(49-42-16-7-9-19-46(42)56-50(37)49)39-17-10-20-47-48(39)41-15-6-8-18-45(41)55-47/h1-31H. The highest BCUT2D eigenvalue weighted by Crippen LogP contribution is 2.45. The Morgan fingerprint density at radius 3 is 1.71 bits per heavy atom. The van der Waals surface area contributed by atoms with E-state index in [2.05, 4.69) is 120 Å². The monoisotopic (exact) mass is 717 g/mol. The smallest absolute Gasteiger partial charge is 0.160 e. The van der Waals surface area contributed by atoms with Gasteiger partial charge in [-0.2, -0.15) is 0 Å². The van der Waals surface area contributed by atoms with Crippen molar-refractivity contribution in [1.82, 2.24) is 15.0 Å². The zero-order chi connectivity index (χ0) is 37.0. The topological polar surface area (TPSA) is 65.0 Å². The Labute approximate surface area is 322 Å². The number of hydrogen-bond donors (Lipinski definition) is 0. The number of furan rings is 2. The van der Waals surface area contributed by atoms with Crippen molar-refractivity contribution in [3.63, 3.8) is 0 Å². The van der Waals surface area contributed by atoms with Gasteiger partial charge in [-0.15, -0.1) is 0 Å². The number of fused-ring (bicyclic) bond motifs is 6. The van der Waals surface area contributed by atoms with Crippen LogP contribution in [0.2, 0.25) is 0 Å². The molecule has 5 nitrogen and oxygen atoms in total. The van der Waals surface area contributed by atoms with E-state index >= 15 is 0 Å². The van der Waals surface area contributed by atoms with E-state index in [0.717, 1.165) is 105 Å². The van der Waals surface area contributed by atoms with Crippen molar-refractivity contribution in [2.75, 3.05) is 0 Å². The SMILES string of the molecule is c1ccc(-c2cc(-c3ccccc3-c3ccncc3)nc(-c3ccc(-c4ccc(-c5cccc6oc7ccccc7c56)c5c4oc4ccccc45)cc3)n2)cc1. The van der Waals surface area contributed by atoms with Gasteiger partial charge in [0.1, 0.15) is 22.3 Å². The number of aromatic nitrogens is 3. The van der Waals surface area contributed by atoms with E-state index in [-0.39, 0.29) is 0 Å². The van der Waals surface area contributed by atoms with Gasteiger partial charge in [0.15, 0.2) is 5.82 Å². The van der Waals surface area contributed by atoms with Crippen molar-refractivity contribution in [2.45, 2.75) is 0 Å². The number of pyridine rings is 1. The molecule has 0 aliphatic carbocycles. The van der Waals surface area contributed by atoms with E-state index < -0.39 is 0 Å². The van der Waals surface area contributed by atoms with Crippen LogP contribution in [-0.4, -0.2) is 15.0 Å². The normalized spacial score (nSPS) is 11.6. The summed E-state index contributed by atoms with van der Waals surface area (Å²) < 4.78 is 13.0. The lowest BCUT2D eigenvalue weighted by Gasteiger charge is -2.13. The summed E-state index contributed by atoms with van der Waals surface area (Å²) in [5.41, 5.74) is 14.6. The van der Waals surface area contributed by atoms with Crippen LogP contribution in [0.5, 0.6) is 0 Å². The maximum Gasteiger partial charge on any atom is 0.160 e. The summed E-state index contributed by atoms with van der Waals surface area (Å²) in [7, 11) is 0. The van der Waals surface area contributed by atoms with Crippen molar-refractivity contribution < 1.29 is 8.83 Å².